The van der Waals surface area contributed by atoms with Crippen LogP contribution in [0, 0.1) is 0 Å². The van der Waals surface area contributed by atoms with Crippen molar-refractivity contribution in [1.29, 1.82) is 0 Å². The lowest BCUT2D eigenvalue weighted by molar-refractivity contribution is 0.823. The van der Waals surface area contributed by atoms with Crippen molar-refractivity contribution in [3.63, 3.8) is 0 Å². The summed E-state index contributed by atoms with van der Waals surface area (Å²) in [5, 5.41) is 8.28. The average Bonchev–Trinajstić information content (AvgIpc) is 2.93. The monoisotopic (exact) mass is 298 g/mol. The van der Waals surface area contributed by atoms with Crippen LogP contribution in [-0.4, -0.2) is 14.6 Å². The van der Waals surface area contributed by atoms with E-state index in [0.717, 1.165) is 35.7 Å². The molecule has 2 aromatic heterocycles. The largest absolute Gasteiger partial charge is 0.340 e. The quantitative estimate of drug-likeness (QED) is 0.716. The zero-order valence-corrected chi connectivity index (χ0v) is 12.2. The maximum atomic E-state index is 6.00. The summed E-state index contributed by atoms with van der Waals surface area (Å²) in [5.41, 5.74) is 2.82. The van der Waals surface area contributed by atoms with Gasteiger partial charge in [-0.2, -0.15) is 5.10 Å². The molecule has 0 aliphatic rings. The molecule has 0 amide bonds. The van der Waals surface area contributed by atoms with Crippen LogP contribution in [0.1, 0.15) is 12.1 Å². The van der Waals surface area contributed by atoms with Gasteiger partial charge in [-0.1, -0.05) is 23.7 Å². The Labute approximate surface area is 128 Å². The minimum absolute atomic E-state index is 0.692. The summed E-state index contributed by atoms with van der Waals surface area (Å²) < 4.78 is 1.85. The third kappa shape index (κ3) is 3.06. The van der Waals surface area contributed by atoms with Crippen LogP contribution in [0.15, 0.2) is 55.3 Å². The van der Waals surface area contributed by atoms with E-state index in [9.17, 15) is 0 Å². The molecule has 0 aliphatic heterocycles. The van der Waals surface area contributed by atoms with Crippen molar-refractivity contribution < 1.29 is 0 Å². The number of anilines is 2. The Bertz CT molecular complexity index is 779. The number of nitrogens with zero attached hydrogens (tertiary/aromatic N) is 3. The van der Waals surface area contributed by atoms with Crippen LogP contribution in [0.2, 0.25) is 5.02 Å². The Morgan fingerprint density at radius 1 is 1.29 bits per heavy atom. The van der Waals surface area contributed by atoms with E-state index in [1.165, 1.54) is 0 Å². The van der Waals surface area contributed by atoms with E-state index < -0.39 is 0 Å². The fourth-order valence-electron chi connectivity index (χ4n) is 2.18. The molecule has 4 nitrogen and oxygen atoms in total. The molecule has 0 aliphatic carbocycles. The number of rotatable bonds is 5. The number of nitrogens with one attached hydrogen (secondary N) is 1. The molecule has 3 rings (SSSR count). The lowest BCUT2D eigenvalue weighted by atomic mass is 10.2. The van der Waals surface area contributed by atoms with Crippen molar-refractivity contribution in [1.82, 2.24) is 14.6 Å². The molecule has 5 heteroatoms. The van der Waals surface area contributed by atoms with Gasteiger partial charge < -0.3 is 5.32 Å². The predicted molar refractivity (Wildman–Crippen MR) is 86.2 cm³/mol. The molecular formula is C16H15ClN4. The van der Waals surface area contributed by atoms with Gasteiger partial charge in [0, 0.05) is 28.5 Å². The van der Waals surface area contributed by atoms with E-state index in [4.69, 9.17) is 11.6 Å². The topological polar surface area (TPSA) is 42.2 Å². The molecule has 21 heavy (non-hydrogen) atoms. The van der Waals surface area contributed by atoms with Crippen LogP contribution in [0.3, 0.4) is 0 Å². The number of hydrogen-bond donors (Lipinski definition) is 1. The van der Waals surface area contributed by atoms with Gasteiger partial charge in [0.15, 0.2) is 5.65 Å². The third-order valence-electron chi connectivity index (χ3n) is 3.13. The normalized spacial score (nSPS) is 10.7. The van der Waals surface area contributed by atoms with Gasteiger partial charge in [-0.15, -0.1) is 6.58 Å². The zero-order valence-electron chi connectivity index (χ0n) is 11.5. The molecule has 0 unspecified atom stereocenters. The summed E-state index contributed by atoms with van der Waals surface area (Å²) in [5.74, 6) is 0.782. The van der Waals surface area contributed by atoms with Gasteiger partial charge in [0.05, 0.1) is 6.20 Å². The summed E-state index contributed by atoms with van der Waals surface area (Å²) in [6, 6.07) is 11.5. The van der Waals surface area contributed by atoms with E-state index in [2.05, 4.69) is 22.0 Å². The fourth-order valence-corrected chi connectivity index (χ4v) is 2.37. The van der Waals surface area contributed by atoms with Crippen LogP contribution in [0.25, 0.3) is 5.65 Å². The molecule has 0 spiro atoms. The van der Waals surface area contributed by atoms with E-state index in [1.807, 2.05) is 47.0 Å². The molecule has 1 N–H and O–H groups in total. The molecule has 1 aromatic carbocycles. The van der Waals surface area contributed by atoms with Gasteiger partial charge in [0.2, 0.25) is 0 Å². The van der Waals surface area contributed by atoms with Crippen LogP contribution < -0.4 is 5.32 Å². The highest BCUT2D eigenvalue weighted by atomic mass is 35.5. The first kappa shape index (κ1) is 13.6. The Morgan fingerprint density at radius 2 is 2.19 bits per heavy atom. The SMILES string of the molecule is C=CCCc1cc(Nc2cccc(Cl)c2)nc2ccnn12. The minimum atomic E-state index is 0.692. The van der Waals surface area contributed by atoms with Gasteiger partial charge >= 0.3 is 0 Å². The maximum Gasteiger partial charge on any atom is 0.157 e. The maximum absolute atomic E-state index is 6.00. The van der Waals surface area contributed by atoms with Crippen LogP contribution in [0.5, 0.6) is 0 Å². The summed E-state index contributed by atoms with van der Waals surface area (Å²) in [6.07, 6.45) is 5.42. The van der Waals surface area contributed by atoms with Crippen molar-refractivity contribution in [2.45, 2.75) is 12.8 Å². The molecule has 2 heterocycles. The Morgan fingerprint density at radius 3 is 3.00 bits per heavy atom. The molecular weight excluding hydrogens is 284 g/mol. The average molecular weight is 299 g/mol. The van der Waals surface area contributed by atoms with Crippen molar-refractivity contribution in [2.24, 2.45) is 0 Å². The van der Waals surface area contributed by atoms with Crippen molar-refractivity contribution in [3.8, 4) is 0 Å². The standard InChI is InChI=1S/C16H15ClN4/c1-2-3-7-14-11-15(20-16-8-9-18-21(14)16)19-13-6-4-5-12(17)10-13/h2,4-6,8-11H,1,3,7H2,(H,19,20). The summed E-state index contributed by atoms with van der Waals surface area (Å²) in [6.45, 7) is 3.77. The minimum Gasteiger partial charge on any atom is -0.340 e. The summed E-state index contributed by atoms with van der Waals surface area (Å²) in [7, 11) is 0. The highest BCUT2D eigenvalue weighted by Crippen LogP contribution is 2.21. The Balaban J connectivity index is 1.96. The summed E-state index contributed by atoms with van der Waals surface area (Å²) in [4.78, 5) is 4.55. The predicted octanol–water partition coefficient (Wildman–Crippen LogP) is 4.24. The second kappa shape index (κ2) is 5.97. The van der Waals surface area contributed by atoms with E-state index in [1.54, 1.807) is 6.20 Å². The van der Waals surface area contributed by atoms with Gasteiger partial charge in [0.25, 0.3) is 0 Å². The lowest BCUT2D eigenvalue weighted by Gasteiger charge is -2.09. The lowest BCUT2D eigenvalue weighted by Crippen LogP contribution is -2.03. The van der Waals surface area contributed by atoms with Crippen LogP contribution in [0.4, 0.5) is 11.5 Å². The third-order valence-corrected chi connectivity index (χ3v) is 3.37. The van der Waals surface area contributed by atoms with Crippen LogP contribution >= 0.6 is 11.6 Å². The van der Waals surface area contributed by atoms with E-state index >= 15 is 0 Å². The number of halogens is 1. The number of benzene rings is 1. The molecule has 0 radical (unpaired) electrons. The van der Waals surface area contributed by atoms with Crippen molar-refractivity contribution >= 4 is 28.8 Å². The molecule has 0 atom stereocenters. The zero-order chi connectivity index (χ0) is 14.7. The highest BCUT2D eigenvalue weighted by molar-refractivity contribution is 6.30. The van der Waals surface area contributed by atoms with Gasteiger partial charge in [-0.25, -0.2) is 9.50 Å². The first-order valence-electron chi connectivity index (χ1n) is 6.73. The number of hydrogen-bond acceptors (Lipinski definition) is 3. The molecule has 0 saturated heterocycles. The van der Waals surface area contributed by atoms with Crippen LogP contribution in [-0.2, 0) is 6.42 Å². The summed E-state index contributed by atoms with van der Waals surface area (Å²) >= 11 is 6.00. The second-order valence-corrected chi connectivity index (χ2v) is 5.13. The molecule has 3 aromatic rings. The molecule has 0 saturated carbocycles. The number of fused-ring (bicyclic) bond motifs is 1. The molecule has 106 valence electrons. The van der Waals surface area contributed by atoms with E-state index in [0.29, 0.717) is 5.02 Å². The smallest absolute Gasteiger partial charge is 0.157 e. The number of aromatic nitrogens is 3. The van der Waals surface area contributed by atoms with Gasteiger partial charge in [0.1, 0.15) is 5.82 Å². The molecule has 0 fully saturated rings. The van der Waals surface area contributed by atoms with E-state index in [-0.39, 0.29) is 0 Å². The van der Waals surface area contributed by atoms with Gasteiger partial charge in [-0.3, -0.25) is 0 Å². The van der Waals surface area contributed by atoms with Crippen molar-refractivity contribution in [3.05, 3.63) is 66.0 Å². The number of aryl methyl sites for hydroxylation is 1. The Kier molecular flexibility index (Phi) is 3.88. The Hall–Kier alpha value is -2.33. The van der Waals surface area contributed by atoms with Crippen molar-refractivity contribution in [2.75, 3.05) is 5.32 Å². The molecule has 0 bridgehead atoms. The van der Waals surface area contributed by atoms with Gasteiger partial charge in [-0.05, 0) is 31.0 Å². The fraction of sp³-hybridized carbons (Fsp3) is 0.125. The first-order valence-corrected chi connectivity index (χ1v) is 7.11. The number of allylic oxidation sites excluding steroid dienone is 1. The second-order valence-electron chi connectivity index (χ2n) is 4.70. The first-order chi connectivity index (χ1) is 10.3. The highest BCUT2D eigenvalue weighted by Gasteiger charge is 2.06.